The van der Waals surface area contributed by atoms with E-state index in [1.54, 1.807) is 18.0 Å². The largest absolute Gasteiger partial charge is 0.497 e. The number of benzene rings is 3. The molecule has 4 aromatic rings. The smallest absolute Gasteiger partial charge is 0.124 e. The van der Waals surface area contributed by atoms with Gasteiger partial charge in [-0.2, -0.15) is 15.0 Å². The lowest BCUT2D eigenvalue weighted by Gasteiger charge is -2.06. The first-order chi connectivity index (χ1) is 15.1. The zero-order valence-electron chi connectivity index (χ0n) is 17.1. The Morgan fingerprint density at radius 1 is 0.968 bits per heavy atom. The highest BCUT2D eigenvalue weighted by Crippen LogP contribution is 2.22. The molecule has 1 N–H and O–H groups in total. The molecule has 0 radical (unpaired) electrons. The van der Waals surface area contributed by atoms with Crippen LogP contribution < -0.4 is 10.1 Å². The molecular formula is C24H22ClFN4O. The van der Waals surface area contributed by atoms with Crippen molar-refractivity contribution in [3.63, 3.8) is 0 Å². The summed E-state index contributed by atoms with van der Waals surface area (Å²) in [6.07, 6.45) is 0. The van der Waals surface area contributed by atoms with Gasteiger partial charge >= 0.3 is 0 Å². The maximum atomic E-state index is 13.4. The van der Waals surface area contributed by atoms with Gasteiger partial charge in [0.2, 0.25) is 0 Å². The normalized spacial score (nSPS) is 10.9. The first-order valence-electron chi connectivity index (χ1n) is 9.89. The molecule has 0 aliphatic heterocycles. The molecule has 31 heavy (non-hydrogen) atoms. The van der Waals surface area contributed by atoms with Crippen molar-refractivity contribution in [3.05, 3.63) is 100 Å². The second kappa shape index (κ2) is 9.73. The molecule has 0 saturated carbocycles. The zero-order chi connectivity index (χ0) is 21.6. The Labute approximate surface area is 185 Å². The van der Waals surface area contributed by atoms with Crippen LogP contribution in [0.4, 0.5) is 4.39 Å². The fourth-order valence-corrected chi connectivity index (χ4v) is 3.49. The number of hydrogen-bond acceptors (Lipinski definition) is 4. The molecule has 0 fully saturated rings. The van der Waals surface area contributed by atoms with Gasteiger partial charge in [-0.3, -0.25) is 0 Å². The fraction of sp³-hybridized carbons (Fsp3) is 0.167. The molecule has 0 unspecified atom stereocenters. The number of hydrogen-bond donors (Lipinski definition) is 1. The Morgan fingerprint density at radius 2 is 1.74 bits per heavy atom. The number of methoxy groups -OCH3 is 1. The zero-order valence-corrected chi connectivity index (χ0v) is 17.8. The van der Waals surface area contributed by atoms with Crippen LogP contribution in [-0.2, 0) is 19.6 Å². The van der Waals surface area contributed by atoms with Gasteiger partial charge in [-0.05, 0) is 35.4 Å². The summed E-state index contributed by atoms with van der Waals surface area (Å²) in [4.78, 5) is 1.60. The second-order valence-corrected chi connectivity index (χ2v) is 7.49. The number of aromatic nitrogens is 3. The van der Waals surface area contributed by atoms with Crippen LogP contribution in [0.3, 0.4) is 0 Å². The molecule has 0 saturated heterocycles. The van der Waals surface area contributed by atoms with Gasteiger partial charge in [0.1, 0.15) is 23.0 Å². The van der Waals surface area contributed by atoms with Crippen molar-refractivity contribution in [2.75, 3.05) is 7.11 Å². The van der Waals surface area contributed by atoms with E-state index in [0.717, 1.165) is 33.8 Å². The lowest BCUT2D eigenvalue weighted by atomic mass is 10.1. The van der Waals surface area contributed by atoms with E-state index in [9.17, 15) is 4.39 Å². The molecule has 0 bridgehead atoms. The van der Waals surface area contributed by atoms with E-state index >= 15 is 0 Å². The van der Waals surface area contributed by atoms with Crippen LogP contribution in [-0.4, -0.2) is 22.1 Å². The van der Waals surface area contributed by atoms with Crippen molar-refractivity contribution in [2.45, 2.75) is 19.6 Å². The molecule has 0 aliphatic carbocycles. The van der Waals surface area contributed by atoms with Crippen LogP contribution >= 0.6 is 11.6 Å². The molecule has 0 spiro atoms. The van der Waals surface area contributed by atoms with Gasteiger partial charge in [0, 0.05) is 23.7 Å². The minimum absolute atomic E-state index is 0.359. The van der Waals surface area contributed by atoms with Crippen LogP contribution in [0.1, 0.15) is 16.8 Å². The Balaban J connectivity index is 1.53. The van der Waals surface area contributed by atoms with Crippen molar-refractivity contribution < 1.29 is 9.13 Å². The van der Waals surface area contributed by atoms with Gasteiger partial charge in [0.05, 0.1) is 13.7 Å². The highest BCUT2D eigenvalue weighted by Gasteiger charge is 2.14. The van der Waals surface area contributed by atoms with Crippen LogP contribution in [0, 0.1) is 5.82 Å². The van der Waals surface area contributed by atoms with Crippen molar-refractivity contribution >= 4 is 11.6 Å². The van der Waals surface area contributed by atoms with E-state index < -0.39 is 0 Å². The van der Waals surface area contributed by atoms with Crippen LogP contribution in [0.2, 0.25) is 5.02 Å². The minimum Gasteiger partial charge on any atom is -0.497 e. The Hall–Kier alpha value is -3.22. The fourth-order valence-electron chi connectivity index (χ4n) is 3.26. The first-order valence-corrected chi connectivity index (χ1v) is 10.3. The van der Waals surface area contributed by atoms with E-state index in [2.05, 4.69) is 15.5 Å². The highest BCUT2D eigenvalue weighted by atomic mass is 35.5. The average molecular weight is 437 g/mol. The summed E-state index contributed by atoms with van der Waals surface area (Å²) in [6.45, 7) is 1.60. The number of halogens is 2. The topological polar surface area (TPSA) is 52.0 Å². The third-order valence-corrected chi connectivity index (χ3v) is 5.23. The first kappa shape index (κ1) is 21.0. The Bertz CT molecular complexity index is 1150. The van der Waals surface area contributed by atoms with Gasteiger partial charge in [-0.15, -0.1) is 0 Å². The van der Waals surface area contributed by atoms with E-state index in [4.69, 9.17) is 16.3 Å². The molecule has 1 heterocycles. The summed E-state index contributed by atoms with van der Waals surface area (Å²) in [6, 6.07) is 22.2. The van der Waals surface area contributed by atoms with E-state index in [1.807, 2.05) is 54.6 Å². The number of nitrogens with one attached hydrogen (secondary N) is 1. The monoisotopic (exact) mass is 436 g/mol. The Morgan fingerprint density at radius 3 is 2.45 bits per heavy atom. The molecule has 3 aromatic carbocycles. The van der Waals surface area contributed by atoms with Crippen molar-refractivity contribution in [1.29, 1.82) is 0 Å². The quantitative estimate of drug-likeness (QED) is 0.418. The van der Waals surface area contributed by atoms with Gasteiger partial charge in [-0.1, -0.05) is 60.1 Å². The molecule has 7 heteroatoms. The third kappa shape index (κ3) is 5.29. The number of rotatable bonds is 8. The number of ether oxygens (including phenoxy) is 1. The summed E-state index contributed by atoms with van der Waals surface area (Å²) in [7, 11) is 1.65. The molecule has 4 rings (SSSR count). The highest BCUT2D eigenvalue weighted by molar-refractivity contribution is 6.31. The van der Waals surface area contributed by atoms with Gasteiger partial charge in [0.25, 0.3) is 0 Å². The molecular weight excluding hydrogens is 415 g/mol. The molecule has 0 atom stereocenters. The summed E-state index contributed by atoms with van der Waals surface area (Å²) >= 11 is 6.19. The summed E-state index contributed by atoms with van der Waals surface area (Å²) in [5.74, 6) is 0.466. The lowest BCUT2D eigenvalue weighted by Crippen LogP contribution is -2.14. The molecule has 0 aliphatic rings. The average Bonchev–Trinajstić information content (AvgIpc) is 3.19. The molecule has 1 aromatic heterocycles. The van der Waals surface area contributed by atoms with Crippen LogP contribution in [0.5, 0.6) is 5.75 Å². The Kier molecular flexibility index (Phi) is 6.60. The predicted molar refractivity (Wildman–Crippen MR) is 120 cm³/mol. The van der Waals surface area contributed by atoms with Gasteiger partial charge in [-0.25, -0.2) is 4.39 Å². The summed E-state index contributed by atoms with van der Waals surface area (Å²) in [5.41, 5.74) is 4.53. The van der Waals surface area contributed by atoms with Crippen LogP contribution in [0.25, 0.3) is 11.3 Å². The molecule has 5 nitrogen and oxygen atoms in total. The third-order valence-electron chi connectivity index (χ3n) is 4.88. The number of nitrogens with zero attached hydrogens (tertiary/aromatic N) is 3. The van der Waals surface area contributed by atoms with E-state index in [1.165, 1.54) is 12.1 Å². The standard InChI is InChI=1S/C24H22ClFN4O/c1-31-21-11-7-17(8-12-21)14-27-15-23-24(18-5-3-2-4-6-18)29-30(28-23)16-19-9-10-20(26)13-22(19)25/h2-13,27H,14-16H2,1H3. The summed E-state index contributed by atoms with van der Waals surface area (Å²) < 4.78 is 18.6. The maximum Gasteiger partial charge on any atom is 0.124 e. The SMILES string of the molecule is COc1ccc(CNCc2nn(Cc3ccc(F)cc3Cl)nc2-c2ccccc2)cc1. The lowest BCUT2D eigenvalue weighted by molar-refractivity contribution is 0.414. The predicted octanol–water partition coefficient (Wildman–Crippen LogP) is 5.08. The van der Waals surface area contributed by atoms with Crippen molar-refractivity contribution in [1.82, 2.24) is 20.3 Å². The van der Waals surface area contributed by atoms with Gasteiger partial charge in [0.15, 0.2) is 0 Å². The van der Waals surface area contributed by atoms with E-state index in [-0.39, 0.29) is 5.82 Å². The van der Waals surface area contributed by atoms with Crippen molar-refractivity contribution in [2.24, 2.45) is 0 Å². The van der Waals surface area contributed by atoms with Crippen LogP contribution in [0.15, 0.2) is 72.8 Å². The maximum absolute atomic E-state index is 13.4. The van der Waals surface area contributed by atoms with E-state index in [0.29, 0.717) is 24.7 Å². The molecule has 0 amide bonds. The van der Waals surface area contributed by atoms with Crippen molar-refractivity contribution in [3.8, 4) is 17.0 Å². The summed E-state index contributed by atoms with van der Waals surface area (Å²) in [5, 5.41) is 13.1. The second-order valence-electron chi connectivity index (χ2n) is 7.08. The van der Waals surface area contributed by atoms with Gasteiger partial charge < -0.3 is 10.1 Å². The molecule has 158 valence electrons. The minimum atomic E-state index is -0.365.